The molecule has 1 atom stereocenters. The second-order valence-corrected chi connectivity index (χ2v) is 6.89. The van der Waals surface area contributed by atoms with Gasteiger partial charge in [0, 0.05) is 45.1 Å². The number of hydrogen-bond acceptors (Lipinski definition) is 3. The molecule has 5 nitrogen and oxygen atoms in total. The highest BCUT2D eigenvalue weighted by molar-refractivity contribution is 5.85. The molecular weight excluding hydrogens is 314 g/mol. The van der Waals surface area contributed by atoms with Crippen molar-refractivity contribution < 1.29 is 9.59 Å². The van der Waals surface area contributed by atoms with Gasteiger partial charge in [-0.2, -0.15) is 0 Å². The van der Waals surface area contributed by atoms with Crippen LogP contribution >= 0.6 is 12.4 Å². The van der Waals surface area contributed by atoms with Gasteiger partial charge in [-0.05, 0) is 12.3 Å². The number of nitrogens with two attached hydrogens (primary N) is 1. The van der Waals surface area contributed by atoms with Crippen LogP contribution < -0.4 is 5.73 Å². The van der Waals surface area contributed by atoms with Gasteiger partial charge in [0.15, 0.2) is 0 Å². The van der Waals surface area contributed by atoms with Crippen LogP contribution in [0, 0.1) is 11.8 Å². The molecule has 0 radical (unpaired) electrons. The molecule has 2 fully saturated rings. The van der Waals surface area contributed by atoms with Gasteiger partial charge in [0.05, 0.1) is 0 Å². The fourth-order valence-electron chi connectivity index (χ4n) is 3.55. The van der Waals surface area contributed by atoms with E-state index >= 15 is 0 Å². The molecular formula is C17H32ClN3O2. The van der Waals surface area contributed by atoms with Crippen LogP contribution in [0.5, 0.6) is 0 Å². The summed E-state index contributed by atoms with van der Waals surface area (Å²) in [6, 6.07) is 0. The Kier molecular flexibility index (Phi) is 8.92. The zero-order valence-electron chi connectivity index (χ0n) is 14.3. The molecule has 1 saturated heterocycles. The number of amides is 2. The monoisotopic (exact) mass is 345 g/mol. The number of nitrogens with zero attached hydrogens (tertiary/aromatic N) is 2. The molecule has 2 rings (SSSR count). The summed E-state index contributed by atoms with van der Waals surface area (Å²) in [5, 5.41) is 0. The van der Waals surface area contributed by atoms with Crippen LogP contribution in [0.25, 0.3) is 0 Å². The van der Waals surface area contributed by atoms with Crippen molar-refractivity contribution in [2.75, 3.05) is 32.7 Å². The van der Waals surface area contributed by atoms with E-state index in [0.717, 1.165) is 12.3 Å². The van der Waals surface area contributed by atoms with Crippen molar-refractivity contribution in [2.45, 2.75) is 51.9 Å². The lowest BCUT2D eigenvalue weighted by Crippen LogP contribution is -2.52. The van der Waals surface area contributed by atoms with Gasteiger partial charge in [-0.1, -0.05) is 39.0 Å². The van der Waals surface area contributed by atoms with Crippen molar-refractivity contribution in [3.63, 3.8) is 0 Å². The van der Waals surface area contributed by atoms with Gasteiger partial charge < -0.3 is 15.5 Å². The Morgan fingerprint density at radius 1 is 1.04 bits per heavy atom. The van der Waals surface area contributed by atoms with Crippen molar-refractivity contribution in [3.05, 3.63) is 0 Å². The highest BCUT2D eigenvalue weighted by Gasteiger charge is 2.26. The standard InChI is InChI=1S/C17H31N3O2.ClH/c1-14(13-18)17(22)20-11-9-19(10-12-20)16(21)8-7-15-5-3-2-4-6-15;/h14-15H,2-13,18H2,1H3;1H. The van der Waals surface area contributed by atoms with Crippen molar-refractivity contribution in [2.24, 2.45) is 17.6 Å². The smallest absolute Gasteiger partial charge is 0.226 e. The summed E-state index contributed by atoms with van der Waals surface area (Å²) in [5.41, 5.74) is 5.55. The second-order valence-electron chi connectivity index (χ2n) is 6.89. The van der Waals surface area contributed by atoms with E-state index in [1.807, 2.05) is 16.7 Å². The summed E-state index contributed by atoms with van der Waals surface area (Å²) < 4.78 is 0. The number of rotatable bonds is 5. The molecule has 0 spiro atoms. The maximum atomic E-state index is 12.3. The summed E-state index contributed by atoms with van der Waals surface area (Å²) >= 11 is 0. The SMILES string of the molecule is CC(CN)C(=O)N1CCN(C(=O)CCC2CCCCC2)CC1.Cl. The lowest BCUT2D eigenvalue weighted by molar-refractivity contribution is -0.141. The molecule has 1 saturated carbocycles. The Morgan fingerprint density at radius 2 is 1.61 bits per heavy atom. The normalized spacial score (nSPS) is 20.8. The van der Waals surface area contributed by atoms with Gasteiger partial charge in [0.1, 0.15) is 0 Å². The fraction of sp³-hybridized carbons (Fsp3) is 0.882. The molecule has 1 aliphatic carbocycles. The largest absolute Gasteiger partial charge is 0.339 e. The topological polar surface area (TPSA) is 66.6 Å². The molecule has 0 aromatic rings. The molecule has 6 heteroatoms. The van der Waals surface area contributed by atoms with Crippen LogP contribution in [0.3, 0.4) is 0 Å². The van der Waals surface area contributed by atoms with Gasteiger partial charge in [-0.15, -0.1) is 12.4 Å². The first-order chi connectivity index (χ1) is 10.6. The van der Waals surface area contributed by atoms with Crippen LogP contribution in [-0.2, 0) is 9.59 Å². The Morgan fingerprint density at radius 3 is 2.17 bits per heavy atom. The predicted octanol–water partition coefficient (Wildman–Crippen LogP) is 2.03. The molecule has 23 heavy (non-hydrogen) atoms. The van der Waals surface area contributed by atoms with E-state index in [-0.39, 0.29) is 30.1 Å². The Labute approximate surface area is 146 Å². The van der Waals surface area contributed by atoms with Gasteiger partial charge in [-0.25, -0.2) is 0 Å². The first-order valence-electron chi connectivity index (χ1n) is 8.88. The minimum atomic E-state index is -0.117. The third kappa shape index (κ3) is 5.96. The van der Waals surface area contributed by atoms with Crippen LogP contribution in [0.1, 0.15) is 51.9 Å². The van der Waals surface area contributed by atoms with Crippen LogP contribution in [0.2, 0.25) is 0 Å². The van der Waals surface area contributed by atoms with Crippen LogP contribution in [0.4, 0.5) is 0 Å². The summed E-state index contributed by atoms with van der Waals surface area (Å²) in [4.78, 5) is 28.2. The Hall–Kier alpha value is -0.810. The maximum Gasteiger partial charge on any atom is 0.226 e. The molecule has 2 aliphatic rings. The number of carbonyl (C=O) groups excluding carboxylic acids is 2. The third-order valence-electron chi connectivity index (χ3n) is 5.21. The lowest BCUT2D eigenvalue weighted by atomic mass is 9.86. The van der Waals surface area contributed by atoms with Crippen molar-refractivity contribution in [3.8, 4) is 0 Å². The summed E-state index contributed by atoms with van der Waals surface area (Å²) in [7, 11) is 0. The molecule has 1 aliphatic heterocycles. The first-order valence-corrected chi connectivity index (χ1v) is 8.88. The van der Waals surface area contributed by atoms with E-state index < -0.39 is 0 Å². The van der Waals surface area contributed by atoms with Crippen molar-refractivity contribution in [1.82, 2.24) is 9.80 Å². The molecule has 0 bridgehead atoms. The van der Waals surface area contributed by atoms with E-state index in [9.17, 15) is 9.59 Å². The number of carbonyl (C=O) groups is 2. The summed E-state index contributed by atoms with van der Waals surface area (Å²) in [6.45, 7) is 4.90. The zero-order chi connectivity index (χ0) is 15.9. The fourth-order valence-corrected chi connectivity index (χ4v) is 3.55. The van der Waals surface area contributed by atoms with Gasteiger partial charge in [0.2, 0.25) is 11.8 Å². The van der Waals surface area contributed by atoms with E-state index in [1.165, 1.54) is 32.1 Å². The molecule has 2 amide bonds. The molecule has 2 N–H and O–H groups in total. The summed E-state index contributed by atoms with van der Waals surface area (Å²) in [5.74, 6) is 1.03. The maximum absolute atomic E-state index is 12.3. The van der Waals surface area contributed by atoms with E-state index in [1.54, 1.807) is 0 Å². The minimum Gasteiger partial charge on any atom is -0.339 e. The van der Waals surface area contributed by atoms with E-state index in [4.69, 9.17) is 5.73 Å². The average molecular weight is 346 g/mol. The molecule has 0 aromatic heterocycles. The average Bonchev–Trinajstić information content (AvgIpc) is 2.59. The molecule has 134 valence electrons. The van der Waals surface area contributed by atoms with Crippen LogP contribution in [-0.4, -0.2) is 54.3 Å². The highest BCUT2D eigenvalue weighted by Crippen LogP contribution is 2.27. The molecule has 1 heterocycles. The second kappa shape index (κ2) is 10.1. The number of piperazine rings is 1. The van der Waals surface area contributed by atoms with Gasteiger partial charge in [-0.3, -0.25) is 9.59 Å². The van der Waals surface area contributed by atoms with Crippen molar-refractivity contribution >= 4 is 24.2 Å². The Bertz CT molecular complexity index is 378. The van der Waals surface area contributed by atoms with Crippen molar-refractivity contribution in [1.29, 1.82) is 0 Å². The predicted molar refractivity (Wildman–Crippen MR) is 94.4 cm³/mol. The number of halogens is 1. The van der Waals surface area contributed by atoms with Crippen LogP contribution in [0.15, 0.2) is 0 Å². The summed E-state index contributed by atoms with van der Waals surface area (Å²) in [6.07, 6.45) is 8.35. The third-order valence-corrected chi connectivity index (χ3v) is 5.21. The van der Waals surface area contributed by atoms with E-state index in [0.29, 0.717) is 39.1 Å². The molecule has 1 unspecified atom stereocenters. The highest BCUT2D eigenvalue weighted by atomic mass is 35.5. The first kappa shape index (κ1) is 20.2. The van der Waals surface area contributed by atoms with Gasteiger partial charge >= 0.3 is 0 Å². The quantitative estimate of drug-likeness (QED) is 0.829. The molecule has 0 aromatic carbocycles. The van der Waals surface area contributed by atoms with Gasteiger partial charge in [0.25, 0.3) is 0 Å². The Balaban J connectivity index is 0.00000264. The minimum absolute atomic E-state index is 0. The lowest BCUT2D eigenvalue weighted by Gasteiger charge is -2.36. The zero-order valence-corrected chi connectivity index (χ0v) is 15.2. The number of hydrogen-bond donors (Lipinski definition) is 1. The van der Waals surface area contributed by atoms with E-state index in [2.05, 4.69) is 0 Å².